The van der Waals surface area contributed by atoms with Gasteiger partial charge in [0.05, 0.1) is 12.7 Å². The second-order valence-electron chi connectivity index (χ2n) is 3.65. The second-order valence-corrected chi connectivity index (χ2v) is 5.75. The number of hydrogen-bond donors (Lipinski definition) is 0. The SMILES string of the molecule is COc1ccccc1C(=O)c1cc(I)ccc1Br. The number of carbonyl (C=O) groups is 1. The van der Waals surface area contributed by atoms with Gasteiger partial charge in [0.1, 0.15) is 5.75 Å². The van der Waals surface area contributed by atoms with Gasteiger partial charge in [-0.05, 0) is 52.9 Å². The van der Waals surface area contributed by atoms with Crippen molar-refractivity contribution in [1.82, 2.24) is 0 Å². The van der Waals surface area contributed by atoms with Crippen LogP contribution in [-0.4, -0.2) is 12.9 Å². The fourth-order valence-corrected chi connectivity index (χ4v) is 2.57. The third kappa shape index (κ3) is 2.75. The van der Waals surface area contributed by atoms with E-state index in [9.17, 15) is 4.79 Å². The number of halogens is 2. The molecule has 0 heterocycles. The highest BCUT2D eigenvalue weighted by molar-refractivity contribution is 14.1. The maximum Gasteiger partial charge on any atom is 0.197 e. The summed E-state index contributed by atoms with van der Waals surface area (Å²) in [5.74, 6) is 0.547. The van der Waals surface area contributed by atoms with E-state index in [0.717, 1.165) is 8.04 Å². The van der Waals surface area contributed by atoms with E-state index in [1.807, 2.05) is 30.3 Å². The number of carbonyl (C=O) groups excluding carboxylic acids is 1. The van der Waals surface area contributed by atoms with E-state index in [4.69, 9.17) is 4.74 Å². The molecule has 0 aliphatic heterocycles. The van der Waals surface area contributed by atoms with Gasteiger partial charge in [-0.25, -0.2) is 0 Å². The molecule has 0 saturated heterocycles. The van der Waals surface area contributed by atoms with E-state index in [2.05, 4.69) is 38.5 Å². The Hall–Kier alpha value is -0.880. The van der Waals surface area contributed by atoms with Crippen LogP contribution in [0.1, 0.15) is 15.9 Å². The molecule has 0 fully saturated rings. The van der Waals surface area contributed by atoms with Crippen LogP contribution in [0.15, 0.2) is 46.9 Å². The third-order valence-corrected chi connectivity index (χ3v) is 3.89. The molecule has 0 atom stereocenters. The van der Waals surface area contributed by atoms with Gasteiger partial charge in [-0.3, -0.25) is 4.79 Å². The zero-order valence-electron chi connectivity index (χ0n) is 9.61. The van der Waals surface area contributed by atoms with Crippen molar-refractivity contribution in [3.05, 3.63) is 61.6 Å². The van der Waals surface area contributed by atoms with Crippen LogP contribution in [0.25, 0.3) is 0 Å². The average molecular weight is 417 g/mol. The van der Waals surface area contributed by atoms with Gasteiger partial charge in [-0.2, -0.15) is 0 Å². The Morgan fingerprint density at radius 2 is 1.89 bits per heavy atom. The molecule has 0 unspecified atom stereocenters. The van der Waals surface area contributed by atoms with Gasteiger partial charge in [-0.15, -0.1) is 0 Å². The van der Waals surface area contributed by atoms with Crippen molar-refractivity contribution in [3.63, 3.8) is 0 Å². The summed E-state index contributed by atoms with van der Waals surface area (Å²) in [6.45, 7) is 0. The molecule has 2 rings (SSSR count). The normalized spacial score (nSPS) is 10.2. The Bertz CT molecular complexity index is 596. The fourth-order valence-electron chi connectivity index (χ4n) is 1.65. The van der Waals surface area contributed by atoms with Gasteiger partial charge in [0.2, 0.25) is 0 Å². The van der Waals surface area contributed by atoms with Crippen LogP contribution in [0, 0.1) is 3.57 Å². The highest BCUT2D eigenvalue weighted by Gasteiger charge is 2.16. The Morgan fingerprint density at radius 3 is 2.61 bits per heavy atom. The number of methoxy groups -OCH3 is 1. The Balaban J connectivity index is 2.51. The van der Waals surface area contributed by atoms with Gasteiger partial charge in [0, 0.05) is 13.6 Å². The number of rotatable bonds is 3. The molecule has 0 aliphatic rings. The van der Waals surface area contributed by atoms with Crippen molar-refractivity contribution < 1.29 is 9.53 Å². The van der Waals surface area contributed by atoms with E-state index >= 15 is 0 Å². The molecule has 2 nitrogen and oxygen atoms in total. The molecule has 4 heteroatoms. The van der Waals surface area contributed by atoms with Gasteiger partial charge in [0.25, 0.3) is 0 Å². The summed E-state index contributed by atoms with van der Waals surface area (Å²) < 4.78 is 7.03. The molecule has 0 saturated carbocycles. The summed E-state index contributed by atoms with van der Waals surface area (Å²) in [5.41, 5.74) is 1.22. The van der Waals surface area contributed by atoms with E-state index in [1.165, 1.54) is 0 Å². The number of hydrogen-bond acceptors (Lipinski definition) is 2. The average Bonchev–Trinajstić information content (AvgIpc) is 2.40. The monoisotopic (exact) mass is 416 g/mol. The predicted octanol–water partition coefficient (Wildman–Crippen LogP) is 4.29. The second kappa shape index (κ2) is 5.84. The summed E-state index contributed by atoms with van der Waals surface area (Å²) in [5, 5.41) is 0. The van der Waals surface area contributed by atoms with Crippen LogP contribution in [0.4, 0.5) is 0 Å². The molecule has 92 valence electrons. The van der Waals surface area contributed by atoms with Crippen LogP contribution in [0.2, 0.25) is 0 Å². The summed E-state index contributed by atoms with van der Waals surface area (Å²) in [7, 11) is 1.57. The van der Waals surface area contributed by atoms with E-state index in [1.54, 1.807) is 19.2 Å². The van der Waals surface area contributed by atoms with Crippen LogP contribution in [-0.2, 0) is 0 Å². The van der Waals surface area contributed by atoms with Crippen LogP contribution < -0.4 is 4.74 Å². The summed E-state index contributed by atoms with van der Waals surface area (Å²) in [6.07, 6.45) is 0. The first-order chi connectivity index (χ1) is 8.63. The van der Waals surface area contributed by atoms with Crippen LogP contribution in [0.5, 0.6) is 5.75 Å². The number of para-hydroxylation sites is 1. The molecule has 2 aromatic rings. The Kier molecular flexibility index (Phi) is 4.40. The zero-order chi connectivity index (χ0) is 13.1. The zero-order valence-corrected chi connectivity index (χ0v) is 13.4. The molecule has 0 aliphatic carbocycles. The van der Waals surface area contributed by atoms with Gasteiger partial charge in [-0.1, -0.05) is 28.1 Å². The first kappa shape index (κ1) is 13.5. The van der Waals surface area contributed by atoms with E-state index in [0.29, 0.717) is 16.9 Å². The minimum Gasteiger partial charge on any atom is -0.496 e. The highest BCUT2D eigenvalue weighted by Crippen LogP contribution is 2.26. The molecule has 18 heavy (non-hydrogen) atoms. The molecular weight excluding hydrogens is 407 g/mol. The minimum absolute atomic E-state index is 0.0437. The summed E-state index contributed by atoms with van der Waals surface area (Å²) in [6, 6.07) is 12.9. The Morgan fingerprint density at radius 1 is 1.17 bits per heavy atom. The van der Waals surface area contributed by atoms with E-state index < -0.39 is 0 Å². The molecule has 0 bridgehead atoms. The van der Waals surface area contributed by atoms with Crippen molar-refractivity contribution in [2.75, 3.05) is 7.11 Å². The van der Waals surface area contributed by atoms with Crippen LogP contribution in [0.3, 0.4) is 0 Å². The van der Waals surface area contributed by atoms with Gasteiger partial charge < -0.3 is 4.74 Å². The maximum atomic E-state index is 12.5. The first-order valence-electron chi connectivity index (χ1n) is 5.26. The molecule has 2 aromatic carbocycles. The lowest BCUT2D eigenvalue weighted by molar-refractivity contribution is 0.103. The van der Waals surface area contributed by atoms with Crippen molar-refractivity contribution in [2.24, 2.45) is 0 Å². The van der Waals surface area contributed by atoms with Crippen LogP contribution >= 0.6 is 38.5 Å². The summed E-state index contributed by atoms with van der Waals surface area (Å²) in [4.78, 5) is 12.5. The number of benzene rings is 2. The minimum atomic E-state index is -0.0437. The number of ketones is 1. The maximum absolute atomic E-state index is 12.5. The molecule has 0 amide bonds. The van der Waals surface area contributed by atoms with E-state index in [-0.39, 0.29) is 5.78 Å². The van der Waals surface area contributed by atoms with Crippen molar-refractivity contribution in [2.45, 2.75) is 0 Å². The van der Waals surface area contributed by atoms with Crippen molar-refractivity contribution >= 4 is 44.3 Å². The van der Waals surface area contributed by atoms with Gasteiger partial charge in [0.15, 0.2) is 5.78 Å². The highest BCUT2D eigenvalue weighted by atomic mass is 127. The number of ether oxygens (including phenoxy) is 1. The fraction of sp³-hybridized carbons (Fsp3) is 0.0714. The topological polar surface area (TPSA) is 26.3 Å². The lowest BCUT2D eigenvalue weighted by atomic mass is 10.0. The van der Waals surface area contributed by atoms with Crippen molar-refractivity contribution in [1.29, 1.82) is 0 Å². The molecule has 0 spiro atoms. The lowest BCUT2D eigenvalue weighted by Crippen LogP contribution is -2.05. The summed E-state index contributed by atoms with van der Waals surface area (Å²) >= 11 is 5.60. The lowest BCUT2D eigenvalue weighted by Gasteiger charge is -2.08. The van der Waals surface area contributed by atoms with Crippen molar-refractivity contribution in [3.8, 4) is 5.75 Å². The Labute approximate surface area is 128 Å². The smallest absolute Gasteiger partial charge is 0.197 e. The predicted molar refractivity (Wildman–Crippen MR) is 83.3 cm³/mol. The largest absolute Gasteiger partial charge is 0.496 e. The standard InChI is InChI=1S/C14H10BrIO2/c1-18-13-5-3-2-4-10(13)14(17)11-8-9(16)6-7-12(11)15/h2-8H,1H3. The molecular formula is C14H10BrIO2. The third-order valence-electron chi connectivity index (χ3n) is 2.52. The quantitative estimate of drug-likeness (QED) is 0.551. The molecule has 0 aromatic heterocycles. The molecule has 0 radical (unpaired) electrons. The first-order valence-corrected chi connectivity index (χ1v) is 7.13. The van der Waals surface area contributed by atoms with Gasteiger partial charge >= 0.3 is 0 Å². The molecule has 0 N–H and O–H groups in total.